The van der Waals surface area contributed by atoms with Gasteiger partial charge in [-0.25, -0.2) is 9.97 Å². The highest BCUT2D eigenvalue weighted by atomic mass is 35.5. The maximum atomic E-state index is 13.5. The maximum absolute atomic E-state index is 13.5. The molecule has 5 N–H and O–H groups in total. The van der Waals surface area contributed by atoms with Crippen molar-refractivity contribution in [1.82, 2.24) is 14.5 Å². The zero-order valence-corrected chi connectivity index (χ0v) is 19.7. The van der Waals surface area contributed by atoms with Gasteiger partial charge in [-0.05, 0) is 30.7 Å². The molecule has 0 saturated carbocycles. The maximum Gasteiger partial charge on any atom is 0.362 e. The van der Waals surface area contributed by atoms with Gasteiger partial charge in [-0.2, -0.15) is 0 Å². The number of nitrogen functional groups attached to an aromatic ring is 1. The van der Waals surface area contributed by atoms with E-state index < -0.39 is 43.6 Å². The Morgan fingerprint density at radius 3 is 2.76 bits per heavy atom. The van der Waals surface area contributed by atoms with Crippen LogP contribution >= 0.6 is 19.2 Å². The molecule has 13 heteroatoms. The monoisotopic (exact) mass is 510 g/mol. The number of hydrogen-bond acceptors (Lipinski definition) is 10. The Balaban J connectivity index is 1.42. The second-order valence-corrected chi connectivity index (χ2v) is 11.1. The van der Waals surface area contributed by atoms with E-state index in [0.717, 1.165) is 0 Å². The van der Waals surface area contributed by atoms with Crippen LogP contribution in [-0.2, 0) is 18.3 Å². The van der Waals surface area contributed by atoms with Crippen LogP contribution in [0.3, 0.4) is 0 Å². The lowest BCUT2D eigenvalue weighted by Crippen LogP contribution is -2.46. The second-order valence-electron chi connectivity index (χ2n) is 8.56. The number of nitrogens with zero attached hydrogens (tertiary/aromatic N) is 3. The molecular weight excluding hydrogens is 487 g/mol. The fourth-order valence-corrected chi connectivity index (χ4v) is 6.37. The molecular formula is C21H24ClN4O7P. The molecule has 182 valence electrons. The number of anilines is 1. The van der Waals surface area contributed by atoms with Crippen LogP contribution in [0.1, 0.15) is 31.2 Å². The molecule has 0 amide bonds. The van der Waals surface area contributed by atoms with Crippen molar-refractivity contribution in [3.63, 3.8) is 0 Å². The average molecular weight is 511 g/mol. The molecule has 2 aliphatic rings. The molecule has 5 rings (SSSR count). The molecule has 3 aromatic rings. The number of aliphatic hydroxyl groups is 3. The van der Waals surface area contributed by atoms with E-state index in [1.54, 1.807) is 36.5 Å². The van der Waals surface area contributed by atoms with Crippen LogP contribution in [0.5, 0.6) is 0 Å². The van der Waals surface area contributed by atoms with E-state index in [-0.39, 0.29) is 12.4 Å². The lowest BCUT2D eigenvalue weighted by Gasteiger charge is -2.35. The van der Waals surface area contributed by atoms with Crippen LogP contribution in [-0.4, -0.2) is 60.1 Å². The minimum absolute atomic E-state index is 0.0582. The topological polar surface area (TPSA) is 162 Å². The third-order valence-electron chi connectivity index (χ3n) is 6.27. The van der Waals surface area contributed by atoms with Gasteiger partial charge in [-0.1, -0.05) is 23.7 Å². The molecule has 2 aromatic heterocycles. The van der Waals surface area contributed by atoms with Crippen molar-refractivity contribution in [3.05, 3.63) is 53.4 Å². The van der Waals surface area contributed by atoms with E-state index in [2.05, 4.69) is 9.97 Å². The molecule has 4 heterocycles. The number of rotatable bonds is 4. The summed E-state index contributed by atoms with van der Waals surface area (Å²) in [7, 11) is -4.17. The Bertz CT molecular complexity index is 1250. The minimum Gasteiger partial charge on any atom is -0.387 e. The number of hydrogen-bond donors (Lipinski definition) is 4. The Morgan fingerprint density at radius 2 is 2.03 bits per heavy atom. The molecule has 11 nitrogen and oxygen atoms in total. The first-order valence-corrected chi connectivity index (χ1v) is 12.6. The third-order valence-corrected chi connectivity index (χ3v) is 8.56. The van der Waals surface area contributed by atoms with E-state index in [1.807, 2.05) is 0 Å². The molecule has 0 bridgehead atoms. The van der Waals surface area contributed by atoms with Gasteiger partial charge in [-0.15, -0.1) is 0 Å². The van der Waals surface area contributed by atoms with E-state index in [9.17, 15) is 19.9 Å². The van der Waals surface area contributed by atoms with Gasteiger partial charge in [0.25, 0.3) is 0 Å². The summed E-state index contributed by atoms with van der Waals surface area (Å²) < 4.78 is 32.0. The van der Waals surface area contributed by atoms with Gasteiger partial charge in [0.2, 0.25) is 0 Å². The van der Waals surface area contributed by atoms with E-state index in [0.29, 0.717) is 28.0 Å². The van der Waals surface area contributed by atoms with E-state index in [4.69, 9.17) is 31.1 Å². The third kappa shape index (κ3) is 3.82. The summed E-state index contributed by atoms with van der Waals surface area (Å²) in [6.07, 6.45) is -1.66. The van der Waals surface area contributed by atoms with Gasteiger partial charge in [0.1, 0.15) is 35.6 Å². The van der Waals surface area contributed by atoms with Crippen molar-refractivity contribution < 1.29 is 33.7 Å². The molecule has 2 saturated heterocycles. The predicted molar refractivity (Wildman–Crippen MR) is 122 cm³/mol. The molecule has 34 heavy (non-hydrogen) atoms. The Morgan fingerprint density at radius 1 is 1.29 bits per heavy atom. The van der Waals surface area contributed by atoms with Gasteiger partial charge < -0.3 is 34.9 Å². The SMILES string of the molecule is C[C@@]1(O)[C@H](O)[C@@H](C(O)[P@@]2(=O)OCC[C@H](c3ccc(Cl)cc3)O2)O[C@H]1n1ccc2c(N)ncnc21. The van der Waals surface area contributed by atoms with E-state index in [1.165, 1.54) is 17.8 Å². The lowest BCUT2D eigenvalue weighted by atomic mass is 9.96. The number of nitrogens with two attached hydrogens (primary N) is 1. The average Bonchev–Trinajstić information content (AvgIpc) is 3.33. The summed E-state index contributed by atoms with van der Waals surface area (Å²) in [5.74, 6) is -1.63. The molecule has 1 aromatic carbocycles. The van der Waals surface area contributed by atoms with Crippen LogP contribution < -0.4 is 5.73 Å². The lowest BCUT2D eigenvalue weighted by molar-refractivity contribution is -0.0973. The van der Waals surface area contributed by atoms with Crippen molar-refractivity contribution >= 4 is 36.0 Å². The highest BCUT2D eigenvalue weighted by molar-refractivity contribution is 7.54. The fraction of sp³-hybridized carbons (Fsp3) is 0.429. The highest BCUT2D eigenvalue weighted by Crippen LogP contribution is 2.61. The van der Waals surface area contributed by atoms with Crippen LogP contribution in [0.4, 0.5) is 5.82 Å². The first kappa shape index (κ1) is 23.7. The zero-order valence-electron chi connectivity index (χ0n) is 18.1. The molecule has 1 unspecified atom stereocenters. The predicted octanol–water partition coefficient (Wildman–Crippen LogP) is 2.37. The second kappa shape index (κ2) is 8.54. The molecule has 0 radical (unpaired) electrons. The van der Waals surface area contributed by atoms with Gasteiger partial charge in [0.15, 0.2) is 12.1 Å². The first-order chi connectivity index (χ1) is 16.1. The summed E-state index contributed by atoms with van der Waals surface area (Å²) in [4.78, 5) is 8.12. The summed E-state index contributed by atoms with van der Waals surface area (Å²) >= 11 is 5.94. The largest absolute Gasteiger partial charge is 0.387 e. The number of fused-ring (bicyclic) bond motifs is 1. The van der Waals surface area contributed by atoms with Crippen LogP contribution in [0.25, 0.3) is 11.0 Å². The Kier molecular flexibility index (Phi) is 5.94. The van der Waals surface area contributed by atoms with Gasteiger partial charge in [0, 0.05) is 17.6 Å². The standard InChI is InChI=1S/C21H24ClN4O7P/c1-21(29)16(27)15(32-20(21)26-8-6-13-17(23)24-10-25-18(13)26)19(28)34(30)31-9-7-14(33-34)11-2-4-12(22)5-3-11/h2-6,8,10,14-16,19-20,27-29H,7,9H2,1H3,(H2,23,24,25)/t14-,15+,16-,19?,20-,21-,34-/m1/s1. The number of ether oxygens (including phenoxy) is 1. The molecule has 2 aliphatic heterocycles. The van der Waals surface area contributed by atoms with Crippen molar-refractivity contribution in [3.8, 4) is 0 Å². The van der Waals surface area contributed by atoms with Crippen molar-refractivity contribution in [2.75, 3.05) is 12.3 Å². The molecule has 0 spiro atoms. The number of halogens is 1. The number of aliphatic hydroxyl groups excluding tert-OH is 2. The summed E-state index contributed by atoms with van der Waals surface area (Å²) in [6, 6.07) is 8.48. The number of aromatic nitrogens is 3. The van der Waals surface area contributed by atoms with Crippen molar-refractivity contribution in [1.29, 1.82) is 0 Å². The Labute approximate surface area is 199 Å². The smallest absolute Gasteiger partial charge is 0.362 e. The Hall–Kier alpha value is -2.08. The van der Waals surface area contributed by atoms with Gasteiger partial charge >= 0.3 is 7.60 Å². The minimum atomic E-state index is -4.17. The molecule has 2 fully saturated rings. The molecule has 0 aliphatic carbocycles. The normalized spacial score (nSPS) is 35.0. The summed E-state index contributed by atoms with van der Waals surface area (Å²) in [5, 5.41) is 34.1. The fourth-order valence-electron chi connectivity index (χ4n) is 4.37. The van der Waals surface area contributed by atoms with E-state index >= 15 is 0 Å². The van der Waals surface area contributed by atoms with Gasteiger partial charge in [-0.3, -0.25) is 9.09 Å². The van der Waals surface area contributed by atoms with Crippen LogP contribution in [0.2, 0.25) is 5.02 Å². The number of benzene rings is 1. The van der Waals surface area contributed by atoms with Crippen molar-refractivity contribution in [2.45, 2.75) is 49.3 Å². The zero-order chi connectivity index (χ0) is 24.3. The molecule has 7 atom stereocenters. The summed E-state index contributed by atoms with van der Waals surface area (Å²) in [6.45, 7) is 1.41. The van der Waals surface area contributed by atoms with Crippen molar-refractivity contribution in [2.24, 2.45) is 0 Å². The summed E-state index contributed by atoms with van der Waals surface area (Å²) in [5.41, 5.74) is 5.08. The quantitative estimate of drug-likeness (QED) is 0.383. The van der Waals surface area contributed by atoms with Crippen LogP contribution in [0.15, 0.2) is 42.9 Å². The highest BCUT2D eigenvalue weighted by Gasteiger charge is 2.60. The van der Waals surface area contributed by atoms with Gasteiger partial charge in [0.05, 0.1) is 18.1 Å². The first-order valence-electron chi connectivity index (χ1n) is 10.6. The van der Waals surface area contributed by atoms with Crippen LogP contribution in [0, 0.1) is 0 Å².